The third kappa shape index (κ3) is 7.20. The van der Waals surface area contributed by atoms with E-state index in [1.54, 1.807) is 12.1 Å². The van der Waals surface area contributed by atoms with Crippen LogP contribution in [0.5, 0.6) is 5.75 Å². The number of fused-ring (bicyclic) bond motifs is 3. The van der Waals surface area contributed by atoms with Crippen molar-refractivity contribution in [3.05, 3.63) is 129 Å². The van der Waals surface area contributed by atoms with Crippen LogP contribution in [0.4, 0.5) is 5.69 Å². The highest BCUT2D eigenvalue weighted by molar-refractivity contribution is 6.23. The Hall–Kier alpha value is -5.81. The molecule has 2 aliphatic carbocycles. The van der Waals surface area contributed by atoms with E-state index in [-0.39, 0.29) is 41.7 Å². The van der Waals surface area contributed by atoms with Gasteiger partial charge in [0, 0.05) is 62.2 Å². The maximum Gasteiger partial charge on any atom is 0.262 e. The number of imide groups is 2. The Kier molecular flexibility index (Phi) is 10.3. The number of phenolic OH excluding ortho intramolecular Hbond substituents is 1. The van der Waals surface area contributed by atoms with E-state index in [1.165, 1.54) is 27.9 Å². The maximum absolute atomic E-state index is 13.9. The molecule has 3 atom stereocenters. The number of carbonyl (C=O) groups is 5. The molecule has 4 aliphatic heterocycles. The number of hydrogen-bond acceptors (Lipinski definition) is 8. The van der Waals surface area contributed by atoms with E-state index in [2.05, 4.69) is 82.8 Å². The lowest BCUT2D eigenvalue weighted by atomic mass is 9.69. The first-order chi connectivity index (χ1) is 29.6. The summed E-state index contributed by atoms with van der Waals surface area (Å²) in [7, 11) is 2.27. The van der Waals surface area contributed by atoms with Gasteiger partial charge < -0.3 is 19.8 Å². The summed E-state index contributed by atoms with van der Waals surface area (Å²) in [5.74, 6) is -1.02. The molecule has 10 rings (SSSR count). The Morgan fingerprint density at radius 3 is 2.00 bits per heavy atom. The first kappa shape index (κ1) is 39.3. The molecule has 4 heterocycles. The highest BCUT2D eigenvalue weighted by atomic mass is 16.3. The molecule has 0 radical (unpaired) electrons. The second-order valence-electron chi connectivity index (χ2n) is 18.2. The van der Waals surface area contributed by atoms with Gasteiger partial charge in [0.15, 0.2) is 0 Å². The molecule has 314 valence electrons. The van der Waals surface area contributed by atoms with E-state index >= 15 is 0 Å². The monoisotopic (exact) mass is 819 g/mol. The number of hydrogen-bond donors (Lipinski definition) is 2. The molecular formula is C50H53N5O6. The van der Waals surface area contributed by atoms with Gasteiger partial charge >= 0.3 is 0 Å². The summed E-state index contributed by atoms with van der Waals surface area (Å²) >= 11 is 0. The topological polar surface area (TPSA) is 131 Å². The van der Waals surface area contributed by atoms with E-state index in [9.17, 15) is 29.1 Å². The predicted molar refractivity (Wildman–Crippen MR) is 230 cm³/mol. The fourth-order valence-electron chi connectivity index (χ4n) is 11.5. The van der Waals surface area contributed by atoms with Crippen molar-refractivity contribution in [1.29, 1.82) is 0 Å². The van der Waals surface area contributed by atoms with Crippen molar-refractivity contribution in [1.82, 2.24) is 20.0 Å². The number of nitrogens with zero attached hydrogens (tertiary/aromatic N) is 4. The minimum atomic E-state index is -0.998. The number of anilines is 1. The van der Waals surface area contributed by atoms with Crippen LogP contribution < -0.4 is 10.2 Å². The Bertz CT molecular complexity index is 2360. The van der Waals surface area contributed by atoms with Crippen molar-refractivity contribution in [2.45, 2.75) is 107 Å². The van der Waals surface area contributed by atoms with Crippen molar-refractivity contribution in [3.63, 3.8) is 0 Å². The Morgan fingerprint density at radius 1 is 0.689 bits per heavy atom. The SMILES string of the molecule is CN(C1CCC(C(=O)N2Cc3cc4c(cc3C2)C(=O)N(C2CCC(=O)NC2=O)C4=O)CC1)C1CCN(c2ccc([C@@H]3c4ccc(O)cc4CC[C@@H]3c3ccccc3)cc2)CC1. The first-order valence-corrected chi connectivity index (χ1v) is 22.2. The Labute approximate surface area is 356 Å². The van der Waals surface area contributed by atoms with Crippen LogP contribution in [0.25, 0.3) is 0 Å². The van der Waals surface area contributed by atoms with Gasteiger partial charge in [-0.05, 0) is 141 Å². The zero-order valence-corrected chi connectivity index (χ0v) is 34.7. The van der Waals surface area contributed by atoms with Crippen LogP contribution in [0.3, 0.4) is 0 Å². The summed E-state index contributed by atoms with van der Waals surface area (Å²) in [4.78, 5) is 72.7. The normalized spacial score (nSPS) is 25.4. The van der Waals surface area contributed by atoms with Gasteiger partial charge in [0.2, 0.25) is 17.7 Å². The molecule has 0 spiro atoms. The molecule has 0 aromatic heterocycles. The lowest BCUT2D eigenvalue weighted by Gasteiger charge is -2.43. The molecule has 4 aromatic rings. The molecule has 3 fully saturated rings. The van der Waals surface area contributed by atoms with E-state index < -0.39 is 29.7 Å². The van der Waals surface area contributed by atoms with Crippen LogP contribution in [0, 0.1) is 5.92 Å². The van der Waals surface area contributed by atoms with Gasteiger partial charge in [-0.1, -0.05) is 48.5 Å². The summed E-state index contributed by atoms with van der Waals surface area (Å²) < 4.78 is 0. The highest BCUT2D eigenvalue weighted by Gasteiger charge is 2.46. The molecular weight excluding hydrogens is 767 g/mol. The molecule has 4 aromatic carbocycles. The molecule has 1 unspecified atom stereocenters. The Morgan fingerprint density at radius 2 is 1.34 bits per heavy atom. The average molecular weight is 820 g/mol. The third-order valence-corrected chi connectivity index (χ3v) is 14.9. The minimum Gasteiger partial charge on any atom is -0.508 e. The number of nitrogens with one attached hydrogen (secondary N) is 1. The number of aromatic hydroxyl groups is 1. The summed E-state index contributed by atoms with van der Waals surface area (Å²) in [5.41, 5.74) is 8.76. The van der Waals surface area contributed by atoms with E-state index in [0.717, 1.165) is 80.5 Å². The lowest BCUT2D eigenvalue weighted by Crippen LogP contribution is -2.54. The molecule has 6 aliphatic rings. The number of phenols is 1. The zero-order valence-electron chi connectivity index (χ0n) is 34.7. The maximum atomic E-state index is 13.9. The standard InChI is InChI=1S/C50H53N5O6/c1-52(37-21-23-53(24-22-37)38-14-7-31(8-15-38)46-40(30-5-3-2-4-6-30)17-11-33-25-39(56)16-18-41(33)46)36-12-9-32(10-13-36)48(59)54-28-34-26-42-43(27-35(34)29-54)50(61)55(49(42)60)44-19-20-45(57)51-47(44)58/h2-8,14-16,18,25-27,32,36-37,40,44,46,56H,9-13,17,19-24,28-29H2,1H3,(H,51,57,58)/t32?,36?,40-,44?,46+/m1/s1. The zero-order chi connectivity index (χ0) is 41.9. The Balaban J connectivity index is 0.722. The summed E-state index contributed by atoms with van der Waals surface area (Å²) in [6.45, 7) is 2.81. The first-order valence-electron chi connectivity index (χ1n) is 22.2. The van der Waals surface area contributed by atoms with Crippen LogP contribution in [-0.4, -0.2) is 87.6 Å². The number of benzene rings is 4. The van der Waals surface area contributed by atoms with Crippen molar-refractivity contribution < 1.29 is 29.1 Å². The number of piperidine rings is 2. The van der Waals surface area contributed by atoms with Crippen LogP contribution in [0.15, 0.2) is 84.9 Å². The number of aryl methyl sites for hydroxylation is 1. The fraction of sp³-hybridized carbons (Fsp3) is 0.420. The molecule has 61 heavy (non-hydrogen) atoms. The van der Waals surface area contributed by atoms with Crippen molar-refractivity contribution in [2.75, 3.05) is 25.0 Å². The number of rotatable bonds is 7. The van der Waals surface area contributed by atoms with Crippen molar-refractivity contribution in [3.8, 4) is 5.75 Å². The predicted octanol–water partition coefficient (Wildman–Crippen LogP) is 6.66. The molecule has 2 N–H and O–H groups in total. The average Bonchev–Trinajstić information content (AvgIpc) is 3.82. The van der Waals surface area contributed by atoms with Gasteiger partial charge in [0.25, 0.3) is 11.8 Å². The summed E-state index contributed by atoms with van der Waals surface area (Å²) in [6, 6.07) is 29.4. The quantitative estimate of drug-likeness (QED) is 0.198. The van der Waals surface area contributed by atoms with E-state index in [1.807, 2.05) is 17.0 Å². The number of carbonyl (C=O) groups excluding carboxylic acids is 5. The van der Waals surface area contributed by atoms with Gasteiger partial charge in [-0.25, -0.2) is 0 Å². The van der Waals surface area contributed by atoms with Crippen LogP contribution in [0.1, 0.15) is 124 Å². The van der Waals surface area contributed by atoms with Crippen molar-refractivity contribution in [2.24, 2.45) is 5.92 Å². The van der Waals surface area contributed by atoms with Crippen LogP contribution in [0.2, 0.25) is 0 Å². The largest absolute Gasteiger partial charge is 0.508 e. The molecule has 5 amide bonds. The molecule has 2 saturated heterocycles. The van der Waals surface area contributed by atoms with Crippen LogP contribution in [-0.2, 0) is 33.9 Å². The number of amides is 5. The van der Waals surface area contributed by atoms with E-state index in [0.29, 0.717) is 36.8 Å². The second-order valence-corrected chi connectivity index (χ2v) is 18.2. The highest BCUT2D eigenvalue weighted by Crippen LogP contribution is 2.47. The summed E-state index contributed by atoms with van der Waals surface area (Å²) in [5, 5.41) is 12.5. The van der Waals surface area contributed by atoms with Crippen LogP contribution >= 0.6 is 0 Å². The second kappa shape index (κ2) is 15.9. The fourth-order valence-corrected chi connectivity index (χ4v) is 11.5. The van der Waals surface area contributed by atoms with Gasteiger partial charge in [0.05, 0.1) is 11.1 Å². The molecule has 11 heteroatoms. The van der Waals surface area contributed by atoms with E-state index in [4.69, 9.17) is 0 Å². The van der Waals surface area contributed by atoms with Crippen molar-refractivity contribution >= 4 is 35.2 Å². The van der Waals surface area contributed by atoms with Gasteiger partial charge in [-0.2, -0.15) is 0 Å². The minimum absolute atomic E-state index is 0.0425. The molecule has 1 saturated carbocycles. The van der Waals surface area contributed by atoms with Gasteiger partial charge in [0.1, 0.15) is 11.8 Å². The molecule has 11 nitrogen and oxygen atoms in total. The third-order valence-electron chi connectivity index (χ3n) is 14.9. The lowest BCUT2D eigenvalue weighted by molar-refractivity contribution is -0.138. The molecule has 0 bridgehead atoms. The summed E-state index contributed by atoms with van der Waals surface area (Å²) in [6.07, 6.45) is 8.05. The smallest absolute Gasteiger partial charge is 0.262 e. The van der Waals surface area contributed by atoms with Gasteiger partial charge in [-0.15, -0.1) is 0 Å². The van der Waals surface area contributed by atoms with Gasteiger partial charge in [-0.3, -0.25) is 34.2 Å².